The molecule has 2 fully saturated rings. The van der Waals surface area contributed by atoms with Gasteiger partial charge in [0.1, 0.15) is 0 Å². The first-order valence-electron chi connectivity index (χ1n) is 9.01. The average Bonchev–Trinajstić information content (AvgIpc) is 2.63. The summed E-state index contributed by atoms with van der Waals surface area (Å²) in [6.45, 7) is 4.99. The largest absolute Gasteiger partial charge is 0.396 e. The van der Waals surface area contributed by atoms with E-state index in [-0.39, 0.29) is 24.5 Å². The molecule has 0 radical (unpaired) electrons. The van der Waals surface area contributed by atoms with Gasteiger partial charge in [0.25, 0.3) is 0 Å². The molecule has 1 amide bonds. The van der Waals surface area contributed by atoms with Crippen molar-refractivity contribution < 1.29 is 14.6 Å². The minimum absolute atomic E-state index is 0.0236. The number of rotatable bonds is 5. The van der Waals surface area contributed by atoms with Crippen molar-refractivity contribution in [1.82, 2.24) is 9.80 Å². The van der Waals surface area contributed by atoms with Gasteiger partial charge in [-0.2, -0.15) is 0 Å². The molecule has 0 aromatic heterocycles. The summed E-state index contributed by atoms with van der Waals surface area (Å²) in [6.07, 6.45) is 2.43. The van der Waals surface area contributed by atoms with E-state index in [1.54, 1.807) is 0 Å². The number of carbonyl (C=O) groups excluding carboxylic acids is 1. The predicted octanol–water partition coefficient (Wildman–Crippen LogP) is 1.51. The van der Waals surface area contributed by atoms with Crippen LogP contribution in [0.15, 0.2) is 30.3 Å². The van der Waals surface area contributed by atoms with Crippen molar-refractivity contribution in [3.05, 3.63) is 35.9 Å². The molecule has 5 nitrogen and oxygen atoms in total. The number of aliphatic hydroxyl groups is 1. The quantitative estimate of drug-likeness (QED) is 0.888. The van der Waals surface area contributed by atoms with Crippen molar-refractivity contribution in [1.29, 1.82) is 0 Å². The number of likely N-dealkylation sites (tertiary alicyclic amines) is 1. The first kappa shape index (κ1) is 17.4. The zero-order valence-electron chi connectivity index (χ0n) is 14.3. The van der Waals surface area contributed by atoms with E-state index in [1.165, 1.54) is 5.56 Å². The van der Waals surface area contributed by atoms with Gasteiger partial charge in [0.15, 0.2) is 0 Å². The minimum atomic E-state index is -0.0236. The molecule has 1 N–H and O–H groups in total. The van der Waals surface area contributed by atoms with E-state index in [2.05, 4.69) is 29.2 Å². The molecule has 2 aliphatic rings. The molecular weight excluding hydrogens is 304 g/mol. The van der Waals surface area contributed by atoms with E-state index in [0.717, 1.165) is 39.0 Å². The lowest BCUT2D eigenvalue weighted by molar-refractivity contribution is -0.138. The highest BCUT2D eigenvalue weighted by molar-refractivity contribution is 5.76. The van der Waals surface area contributed by atoms with Gasteiger partial charge in [-0.3, -0.25) is 9.69 Å². The van der Waals surface area contributed by atoms with Crippen LogP contribution in [0, 0.1) is 5.92 Å². The Morgan fingerprint density at radius 2 is 2.04 bits per heavy atom. The Kier molecular flexibility index (Phi) is 6.24. The van der Waals surface area contributed by atoms with Crippen LogP contribution < -0.4 is 0 Å². The zero-order valence-corrected chi connectivity index (χ0v) is 14.3. The van der Waals surface area contributed by atoms with Gasteiger partial charge >= 0.3 is 0 Å². The van der Waals surface area contributed by atoms with Crippen LogP contribution in [0.3, 0.4) is 0 Å². The molecule has 0 aliphatic carbocycles. The number of hydrogen-bond donors (Lipinski definition) is 1. The molecule has 0 saturated carbocycles. The van der Waals surface area contributed by atoms with Gasteiger partial charge in [-0.1, -0.05) is 30.3 Å². The second-order valence-corrected chi connectivity index (χ2v) is 6.95. The summed E-state index contributed by atoms with van der Waals surface area (Å²) in [4.78, 5) is 16.8. The minimum Gasteiger partial charge on any atom is -0.396 e. The summed E-state index contributed by atoms with van der Waals surface area (Å²) in [5.74, 6) is 0.407. The molecule has 2 unspecified atom stereocenters. The molecule has 3 rings (SSSR count). The Bertz CT molecular complexity index is 523. The predicted molar refractivity (Wildman–Crippen MR) is 92.5 cm³/mol. The molecule has 1 aromatic carbocycles. The van der Waals surface area contributed by atoms with Crippen molar-refractivity contribution in [3.63, 3.8) is 0 Å². The molecule has 2 saturated heterocycles. The number of morpholine rings is 1. The van der Waals surface area contributed by atoms with Crippen molar-refractivity contribution in [2.45, 2.75) is 31.9 Å². The molecular formula is C19H28N2O3. The van der Waals surface area contributed by atoms with Crippen molar-refractivity contribution >= 4 is 5.91 Å². The fourth-order valence-electron chi connectivity index (χ4n) is 3.65. The SMILES string of the molecule is O=C(CC1CN(Cc2ccccc2)CCO1)N1CCCC(CO)C1. The molecule has 24 heavy (non-hydrogen) atoms. The number of amides is 1. The number of nitrogens with zero attached hydrogens (tertiary/aromatic N) is 2. The van der Waals surface area contributed by atoms with Crippen LogP contribution in [0.5, 0.6) is 0 Å². The summed E-state index contributed by atoms with van der Waals surface area (Å²) in [5.41, 5.74) is 1.30. The van der Waals surface area contributed by atoms with Crippen LogP contribution in [0.25, 0.3) is 0 Å². The topological polar surface area (TPSA) is 53.0 Å². The molecule has 2 aliphatic heterocycles. The third kappa shape index (κ3) is 4.79. The van der Waals surface area contributed by atoms with Crippen molar-refractivity contribution in [2.24, 2.45) is 5.92 Å². The highest BCUT2D eigenvalue weighted by atomic mass is 16.5. The molecule has 5 heteroatoms. The van der Waals surface area contributed by atoms with Crippen LogP contribution in [0.2, 0.25) is 0 Å². The van der Waals surface area contributed by atoms with Gasteiger partial charge in [-0.25, -0.2) is 0 Å². The van der Waals surface area contributed by atoms with Gasteiger partial charge in [-0.15, -0.1) is 0 Å². The molecule has 0 spiro atoms. The maximum absolute atomic E-state index is 12.5. The van der Waals surface area contributed by atoms with Crippen LogP contribution in [-0.4, -0.2) is 66.3 Å². The molecule has 1 aromatic rings. The number of hydrogen-bond acceptors (Lipinski definition) is 4. The van der Waals surface area contributed by atoms with E-state index in [1.807, 2.05) is 11.0 Å². The number of piperidine rings is 1. The maximum atomic E-state index is 12.5. The average molecular weight is 332 g/mol. The number of benzene rings is 1. The Morgan fingerprint density at radius 1 is 1.21 bits per heavy atom. The van der Waals surface area contributed by atoms with E-state index in [4.69, 9.17) is 4.74 Å². The Hall–Kier alpha value is -1.43. The van der Waals surface area contributed by atoms with Crippen LogP contribution >= 0.6 is 0 Å². The summed E-state index contributed by atoms with van der Waals surface area (Å²) < 4.78 is 5.82. The van der Waals surface area contributed by atoms with Gasteiger partial charge in [0, 0.05) is 39.3 Å². The van der Waals surface area contributed by atoms with E-state index < -0.39 is 0 Å². The molecule has 0 bridgehead atoms. The van der Waals surface area contributed by atoms with Gasteiger partial charge in [-0.05, 0) is 24.3 Å². The second-order valence-electron chi connectivity index (χ2n) is 6.95. The fraction of sp³-hybridized carbons (Fsp3) is 0.632. The van der Waals surface area contributed by atoms with E-state index >= 15 is 0 Å². The Morgan fingerprint density at radius 3 is 2.83 bits per heavy atom. The van der Waals surface area contributed by atoms with Crippen molar-refractivity contribution in [3.8, 4) is 0 Å². The third-order valence-electron chi connectivity index (χ3n) is 5.00. The van der Waals surface area contributed by atoms with Gasteiger partial charge in [0.05, 0.1) is 19.1 Å². The zero-order chi connectivity index (χ0) is 16.8. The van der Waals surface area contributed by atoms with Gasteiger partial charge in [0.2, 0.25) is 5.91 Å². The lowest BCUT2D eigenvalue weighted by Gasteiger charge is -2.36. The fourth-order valence-corrected chi connectivity index (χ4v) is 3.65. The number of ether oxygens (including phenoxy) is 1. The second kappa shape index (κ2) is 8.60. The lowest BCUT2D eigenvalue weighted by Crippen LogP contribution is -2.46. The molecule has 2 heterocycles. The summed E-state index contributed by atoms with van der Waals surface area (Å²) >= 11 is 0. The highest BCUT2D eigenvalue weighted by Gasteiger charge is 2.28. The van der Waals surface area contributed by atoms with Crippen LogP contribution in [-0.2, 0) is 16.1 Å². The Balaban J connectivity index is 1.49. The normalized spacial score (nSPS) is 25.6. The molecule has 2 atom stereocenters. The smallest absolute Gasteiger partial charge is 0.225 e. The summed E-state index contributed by atoms with van der Waals surface area (Å²) in [6, 6.07) is 10.4. The number of carbonyl (C=O) groups is 1. The first-order chi connectivity index (χ1) is 11.7. The third-order valence-corrected chi connectivity index (χ3v) is 5.00. The standard InChI is InChI=1S/C19H28N2O3/c22-15-17-7-4-8-21(13-17)19(23)11-18-14-20(9-10-24-18)12-16-5-2-1-3-6-16/h1-3,5-6,17-18,22H,4,7-15H2. The van der Waals surface area contributed by atoms with Crippen molar-refractivity contribution in [2.75, 3.05) is 39.4 Å². The Labute approximate surface area is 144 Å². The monoisotopic (exact) mass is 332 g/mol. The summed E-state index contributed by atoms with van der Waals surface area (Å²) in [7, 11) is 0. The van der Waals surface area contributed by atoms with E-state index in [9.17, 15) is 9.90 Å². The highest BCUT2D eigenvalue weighted by Crippen LogP contribution is 2.19. The van der Waals surface area contributed by atoms with E-state index in [0.29, 0.717) is 19.6 Å². The van der Waals surface area contributed by atoms with Crippen LogP contribution in [0.4, 0.5) is 0 Å². The maximum Gasteiger partial charge on any atom is 0.225 e. The summed E-state index contributed by atoms with van der Waals surface area (Å²) in [5, 5.41) is 9.32. The lowest BCUT2D eigenvalue weighted by atomic mass is 9.98. The van der Waals surface area contributed by atoms with Gasteiger partial charge < -0.3 is 14.7 Å². The van der Waals surface area contributed by atoms with Crippen LogP contribution in [0.1, 0.15) is 24.8 Å². The number of aliphatic hydroxyl groups excluding tert-OH is 1. The molecule has 132 valence electrons. The first-order valence-corrected chi connectivity index (χ1v) is 9.01.